The lowest BCUT2D eigenvalue weighted by Crippen LogP contribution is -2.40. The van der Waals surface area contributed by atoms with Crippen LogP contribution in [0.15, 0.2) is 24.3 Å². The van der Waals surface area contributed by atoms with Gasteiger partial charge in [0.2, 0.25) is 11.8 Å². The van der Waals surface area contributed by atoms with Crippen molar-refractivity contribution in [2.45, 2.75) is 18.9 Å². The number of nitrogens with two attached hydrogens (primary N) is 1. The van der Waals surface area contributed by atoms with Crippen molar-refractivity contribution in [2.75, 3.05) is 0 Å². The Balaban J connectivity index is 2.66. The molecule has 0 aromatic heterocycles. The molecule has 1 rings (SSSR count). The van der Waals surface area contributed by atoms with Gasteiger partial charge in [-0.3, -0.25) is 9.59 Å². The molecule has 0 aliphatic heterocycles. The molecule has 0 saturated heterocycles. The van der Waals surface area contributed by atoms with Gasteiger partial charge in [-0.05, 0) is 30.2 Å². The highest BCUT2D eigenvalue weighted by Crippen LogP contribution is 2.25. The Morgan fingerprint density at radius 1 is 1.23 bits per heavy atom. The van der Waals surface area contributed by atoms with E-state index in [0.717, 1.165) is 6.08 Å². The van der Waals surface area contributed by atoms with E-state index in [1.54, 1.807) is 0 Å². The molecule has 0 aliphatic rings. The second-order valence-electron chi connectivity index (χ2n) is 4.49. The van der Waals surface area contributed by atoms with E-state index in [1.807, 2.05) is 0 Å². The maximum Gasteiger partial charge on any atom is 0.326 e. The largest absolute Gasteiger partial charge is 0.504 e. The van der Waals surface area contributed by atoms with Crippen LogP contribution in [0.5, 0.6) is 11.5 Å². The number of primary amides is 1. The molecule has 0 saturated carbocycles. The summed E-state index contributed by atoms with van der Waals surface area (Å²) in [5.41, 5.74) is 5.37. The zero-order chi connectivity index (χ0) is 16.7. The van der Waals surface area contributed by atoms with Crippen molar-refractivity contribution >= 4 is 23.9 Å². The predicted molar refractivity (Wildman–Crippen MR) is 76.8 cm³/mol. The first kappa shape index (κ1) is 17.0. The Labute approximate surface area is 125 Å². The van der Waals surface area contributed by atoms with E-state index in [0.29, 0.717) is 5.56 Å². The second kappa shape index (κ2) is 7.67. The maximum absolute atomic E-state index is 11.6. The lowest BCUT2D eigenvalue weighted by Gasteiger charge is -2.11. The SMILES string of the molecule is NC(=O)CC[C@H](NC(=O)/C=C/c1ccc(O)c(O)c1)C(=O)O. The van der Waals surface area contributed by atoms with Gasteiger partial charge in [0.1, 0.15) is 6.04 Å². The van der Waals surface area contributed by atoms with Gasteiger partial charge >= 0.3 is 5.97 Å². The third kappa shape index (κ3) is 5.53. The number of nitrogens with one attached hydrogen (secondary N) is 1. The van der Waals surface area contributed by atoms with Crippen molar-refractivity contribution in [3.63, 3.8) is 0 Å². The molecule has 0 spiro atoms. The van der Waals surface area contributed by atoms with Crippen LogP contribution in [-0.4, -0.2) is 39.1 Å². The van der Waals surface area contributed by atoms with Crippen molar-refractivity contribution in [3.05, 3.63) is 29.8 Å². The summed E-state index contributed by atoms with van der Waals surface area (Å²) in [7, 11) is 0. The number of aliphatic carboxylic acids is 1. The highest BCUT2D eigenvalue weighted by atomic mass is 16.4. The number of phenols is 2. The van der Waals surface area contributed by atoms with Crippen LogP contribution >= 0.6 is 0 Å². The second-order valence-corrected chi connectivity index (χ2v) is 4.49. The first-order valence-electron chi connectivity index (χ1n) is 6.31. The van der Waals surface area contributed by atoms with Crippen LogP contribution in [0.25, 0.3) is 6.08 Å². The van der Waals surface area contributed by atoms with Crippen molar-refractivity contribution in [1.29, 1.82) is 0 Å². The lowest BCUT2D eigenvalue weighted by molar-refractivity contribution is -0.141. The number of benzene rings is 1. The summed E-state index contributed by atoms with van der Waals surface area (Å²) in [6.07, 6.45) is 2.14. The lowest BCUT2D eigenvalue weighted by atomic mass is 10.1. The Bertz CT molecular complexity index is 611. The number of carbonyl (C=O) groups excluding carboxylic acids is 2. The summed E-state index contributed by atoms with van der Waals surface area (Å²) < 4.78 is 0. The van der Waals surface area contributed by atoms with Crippen LogP contribution < -0.4 is 11.1 Å². The summed E-state index contributed by atoms with van der Waals surface area (Å²) >= 11 is 0. The van der Waals surface area contributed by atoms with Gasteiger partial charge < -0.3 is 26.4 Å². The van der Waals surface area contributed by atoms with E-state index >= 15 is 0 Å². The van der Waals surface area contributed by atoms with Crippen molar-refractivity contribution in [3.8, 4) is 11.5 Å². The minimum Gasteiger partial charge on any atom is -0.504 e. The molecule has 0 aliphatic carbocycles. The average molecular weight is 308 g/mol. The molecule has 1 atom stereocenters. The molecular formula is C14H16N2O6. The van der Waals surface area contributed by atoms with Gasteiger partial charge in [0.05, 0.1) is 0 Å². The topological polar surface area (TPSA) is 150 Å². The minimum absolute atomic E-state index is 0.107. The molecule has 6 N–H and O–H groups in total. The number of rotatable bonds is 7. The number of phenolic OH excluding ortho intramolecular Hbond substituents is 2. The average Bonchev–Trinajstić information content (AvgIpc) is 2.44. The third-order valence-electron chi connectivity index (χ3n) is 2.72. The molecule has 22 heavy (non-hydrogen) atoms. The number of carboxylic acid groups (broad SMARTS) is 1. The number of aromatic hydroxyl groups is 2. The number of hydrogen-bond acceptors (Lipinski definition) is 5. The van der Waals surface area contributed by atoms with Crippen molar-refractivity contribution < 1.29 is 29.7 Å². The summed E-state index contributed by atoms with van der Waals surface area (Å²) in [6.45, 7) is 0. The standard InChI is InChI=1S/C14H16N2O6/c15-12(19)5-3-9(14(21)22)16-13(20)6-2-8-1-4-10(17)11(18)7-8/h1-2,4,6-7,9,17-18H,3,5H2,(H2,15,19)(H,16,20)(H,21,22)/b6-2+/t9-/m0/s1. The molecule has 0 bridgehead atoms. The quantitative estimate of drug-likeness (QED) is 0.352. The highest BCUT2D eigenvalue weighted by molar-refractivity contribution is 5.94. The van der Waals surface area contributed by atoms with Crippen LogP contribution in [0.4, 0.5) is 0 Å². The van der Waals surface area contributed by atoms with Crippen LogP contribution in [-0.2, 0) is 14.4 Å². The fourth-order valence-electron chi connectivity index (χ4n) is 1.58. The molecular weight excluding hydrogens is 292 g/mol. The Morgan fingerprint density at radius 3 is 2.45 bits per heavy atom. The molecule has 8 nitrogen and oxygen atoms in total. The molecule has 1 aromatic rings. The number of amides is 2. The molecule has 0 radical (unpaired) electrons. The third-order valence-corrected chi connectivity index (χ3v) is 2.72. The maximum atomic E-state index is 11.6. The minimum atomic E-state index is -1.27. The summed E-state index contributed by atoms with van der Waals surface area (Å²) in [4.78, 5) is 33.2. The van der Waals surface area contributed by atoms with Crippen molar-refractivity contribution in [2.24, 2.45) is 5.73 Å². The van der Waals surface area contributed by atoms with Gasteiger partial charge in [0, 0.05) is 12.5 Å². The van der Waals surface area contributed by atoms with Gasteiger partial charge in [0.25, 0.3) is 0 Å². The van der Waals surface area contributed by atoms with Crippen LogP contribution in [0.1, 0.15) is 18.4 Å². The van der Waals surface area contributed by atoms with E-state index in [9.17, 15) is 19.5 Å². The van der Waals surface area contributed by atoms with E-state index in [2.05, 4.69) is 5.32 Å². The van der Waals surface area contributed by atoms with Gasteiger partial charge in [-0.2, -0.15) is 0 Å². The molecule has 0 unspecified atom stereocenters. The molecule has 8 heteroatoms. The highest BCUT2D eigenvalue weighted by Gasteiger charge is 2.19. The number of carboxylic acids is 1. The fourth-order valence-corrected chi connectivity index (χ4v) is 1.58. The van der Waals surface area contributed by atoms with E-state index < -0.39 is 23.8 Å². The molecule has 0 heterocycles. The molecule has 2 amide bonds. The molecule has 1 aromatic carbocycles. The van der Waals surface area contributed by atoms with Gasteiger partial charge in [-0.1, -0.05) is 6.07 Å². The van der Waals surface area contributed by atoms with Gasteiger partial charge in [-0.25, -0.2) is 4.79 Å². The van der Waals surface area contributed by atoms with Crippen molar-refractivity contribution in [1.82, 2.24) is 5.32 Å². The molecule has 118 valence electrons. The summed E-state index contributed by atoms with van der Waals surface area (Å²) in [5, 5.41) is 29.6. The summed E-state index contributed by atoms with van der Waals surface area (Å²) in [6, 6.07) is 2.72. The Kier molecular flexibility index (Phi) is 5.94. The zero-order valence-corrected chi connectivity index (χ0v) is 11.5. The number of carbonyl (C=O) groups is 3. The normalized spacial score (nSPS) is 12.0. The Morgan fingerprint density at radius 2 is 1.91 bits per heavy atom. The monoisotopic (exact) mass is 308 g/mol. The summed E-state index contributed by atoms with van der Waals surface area (Å²) in [5.74, 6) is -3.24. The zero-order valence-electron chi connectivity index (χ0n) is 11.5. The van der Waals surface area contributed by atoms with Crippen LogP contribution in [0.3, 0.4) is 0 Å². The fraction of sp³-hybridized carbons (Fsp3) is 0.214. The smallest absolute Gasteiger partial charge is 0.326 e. The van der Waals surface area contributed by atoms with E-state index in [4.69, 9.17) is 15.9 Å². The predicted octanol–water partition coefficient (Wildman–Crippen LogP) is -0.0541. The van der Waals surface area contributed by atoms with Gasteiger partial charge in [0.15, 0.2) is 11.5 Å². The van der Waals surface area contributed by atoms with Crippen LogP contribution in [0, 0.1) is 0 Å². The Hall–Kier alpha value is -3.03. The van der Waals surface area contributed by atoms with Gasteiger partial charge in [-0.15, -0.1) is 0 Å². The number of hydrogen-bond donors (Lipinski definition) is 5. The first-order chi connectivity index (χ1) is 10.3. The van der Waals surface area contributed by atoms with E-state index in [-0.39, 0.29) is 24.3 Å². The molecule has 0 fully saturated rings. The van der Waals surface area contributed by atoms with E-state index in [1.165, 1.54) is 24.3 Å². The first-order valence-corrected chi connectivity index (χ1v) is 6.31. The van der Waals surface area contributed by atoms with Crippen LogP contribution in [0.2, 0.25) is 0 Å².